The highest BCUT2D eigenvalue weighted by molar-refractivity contribution is 6.12. The molecule has 12 heteroatoms. The number of para-hydroxylation sites is 2. The third-order valence-corrected chi connectivity index (χ3v) is 14.7. The van der Waals surface area contributed by atoms with Crippen LogP contribution in [0, 0.1) is 18.3 Å². The summed E-state index contributed by atoms with van der Waals surface area (Å²) in [4.78, 5) is 30.1. The van der Waals surface area contributed by atoms with Gasteiger partial charge < -0.3 is 9.13 Å². The van der Waals surface area contributed by atoms with Crippen molar-refractivity contribution in [2.45, 2.75) is 13.1 Å². The predicted octanol–water partition coefficient (Wildman–Crippen LogP) is 17.1. The molecular formula is C69H42F3N9. The summed E-state index contributed by atoms with van der Waals surface area (Å²) < 4.78 is 49.2. The summed E-state index contributed by atoms with van der Waals surface area (Å²) in [7, 11) is 0. The number of halogens is 3. The van der Waals surface area contributed by atoms with E-state index < -0.39 is 11.7 Å². The van der Waals surface area contributed by atoms with E-state index in [0.717, 1.165) is 71.9 Å². The highest BCUT2D eigenvalue weighted by Crippen LogP contribution is 2.44. The average molecular weight is 1050 g/mol. The standard InChI is InChI=1S/C69H42F3N9/c1-42-34-49(36-51(35-42)69(70,71)72)56-40-59(80-57-28-16-14-26-52(57)54-32-30-47(37-60(54)80)67-76-63(43-18-6-2-7-19-43)74-64(77-67)44-20-8-3-9-21-44)50(41-73)39-62(56)81-58-29-17-15-27-53(58)55-33-31-48(38-61(55)81)68-78-65(45-22-10-4-11-23-45)75-66(79-68)46-24-12-5-13-25-46/h2-40H,1H3. The van der Waals surface area contributed by atoms with Crippen molar-refractivity contribution >= 4 is 43.6 Å². The van der Waals surface area contributed by atoms with Crippen LogP contribution in [0.15, 0.2) is 237 Å². The first-order valence-electron chi connectivity index (χ1n) is 26.2. The highest BCUT2D eigenvalue weighted by atomic mass is 19.4. The Hall–Kier alpha value is -10.9. The fraction of sp³-hybridized carbons (Fsp3) is 0.0290. The SMILES string of the molecule is Cc1cc(-c2cc(-n3c4ccccc4c4ccc(-c5nc(-c6ccccc6)nc(-c6ccccc6)n5)cc43)c(C#N)cc2-n2c3ccccc3c3ccc(-c4nc(-c5ccccc5)nc(-c5ccccc5)n4)cc32)cc(C(F)(F)F)c1. The van der Waals surface area contributed by atoms with Crippen LogP contribution in [0.4, 0.5) is 13.2 Å². The molecule has 4 aromatic heterocycles. The summed E-state index contributed by atoms with van der Waals surface area (Å²) >= 11 is 0. The zero-order chi connectivity index (χ0) is 54.8. The van der Waals surface area contributed by atoms with E-state index in [1.807, 2.05) is 221 Å². The van der Waals surface area contributed by atoms with Gasteiger partial charge in [-0.3, -0.25) is 0 Å². The van der Waals surface area contributed by atoms with E-state index in [4.69, 9.17) is 29.9 Å². The molecule has 0 bridgehead atoms. The number of alkyl halides is 3. The molecule has 4 heterocycles. The van der Waals surface area contributed by atoms with E-state index in [2.05, 4.69) is 6.07 Å². The smallest absolute Gasteiger partial charge is 0.309 e. The molecule has 9 nitrogen and oxygen atoms in total. The summed E-state index contributed by atoms with van der Waals surface area (Å²) in [5, 5.41) is 15.1. The van der Waals surface area contributed by atoms with Crippen LogP contribution in [0.2, 0.25) is 0 Å². The Bertz CT molecular complexity index is 4700. The Morgan fingerprint density at radius 1 is 0.346 bits per heavy atom. The number of aryl methyl sites for hydroxylation is 1. The summed E-state index contributed by atoms with van der Waals surface area (Å²) in [6.45, 7) is 1.67. The number of fused-ring (bicyclic) bond motifs is 6. The molecule has 0 unspecified atom stereocenters. The Balaban J connectivity index is 1.03. The second-order valence-corrected chi connectivity index (χ2v) is 19.8. The third-order valence-electron chi connectivity index (χ3n) is 14.7. The van der Waals surface area contributed by atoms with Crippen LogP contribution in [-0.4, -0.2) is 39.0 Å². The largest absolute Gasteiger partial charge is 0.416 e. The molecule has 0 saturated heterocycles. The molecule has 0 saturated carbocycles. The number of nitriles is 1. The van der Waals surface area contributed by atoms with Crippen LogP contribution in [-0.2, 0) is 6.18 Å². The van der Waals surface area contributed by atoms with Crippen molar-refractivity contribution in [3.8, 4) is 96.9 Å². The zero-order valence-corrected chi connectivity index (χ0v) is 43.2. The van der Waals surface area contributed by atoms with Gasteiger partial charge in [0.2, 0.25) is 0 Å². The molecule has 0 amide bonds. The van der Waals surface area contributed by atoms with E-state index in [1.165, 1.54) is 6.07 Å². The number of hydrogen-bond donors (Lipinski definition) is 0. The number of aromatic nitrogens is 8. The molecule has 0 fully saturated rings. The van der Waals surface area contributed by atoms with Gasteiger partial charge in [0.1, 0.15) is 6.07 Å². The second-order valence-electron chi connectivity index (χ2n) is 19.8. The Morgan fingerprint density at radius 3 is 1.12 bits per heavy atom. The van der Waals surface area contributed by atoms with Gasteiger partial charge in [-0.25, -0.2) is 29.9 Å². The van der Waals surface area contributed by atoms with Gasteiger partial charge in [-0.15, -0.1) is 0 Å². The molecule has 0 aliphatic rings. The lowest BCUT2D eigenvalue weighted by molar-refractivity contribution is -0.137. The number of benzene rings is 10. The Morgan fingerprint density at radius 2 is 0.716 bits per heavy atom. The van der Waals surface area contributed by atoms with Crippen molar-refractivity contribution in [2.75, 3.05) is 0 Å². The van der Waals surface area contributed by atoms with Gasteiger partial charge in [-0.2, -0.15) is 18.4 Å². The van der Waals surface area contributed by atoms with Crippen LogP contribution in [0.3, 0.4) is 0 Å². The van der Waals surface area contributed by atoms with Crippen molar-refractivity contribution in [3.63, 3.8) is 0 Å². The molecule has 0 aliphatic carbocycles. The summed E-state index contributed by atoms with van der Waals surface area (Å²) in [6.07, 6.45) is -4.65. The van der Waals surface area contributed by atoms with Crippen LogP contribution < -0.4 is 0 Å². The lowest BCUT2D eigenvalue weighted by atomic mass is 9.96. The highest BCUT2D eigenvalue weighted by Gasteiger charge is 2.32. The second kappa shape index (κ2) is 19.5. The average Bonchev–Trinajstić information content (AvgIpc) is 4.11. The zero-order valence-electron chi connectivity index (χ0n) is 43.2. The first kappa shape index (κ1) is 48.5. The van der Waals surface area contributed by atoms with Gasteiger partial charge in [0, 0.05) is 60.5 Å². The van der Waals surface area contributed by atoms with Gasteiger partial charge in [0.05, 0.1) is 44.6 Å². The normalized spacial score (nSPS) is 11.7. The molecule has 0 aliphatic heterocycles. The van der Waals surface area contributed by atoms with Crippen LogP contribution in [0.5, 0.6) is 0 Å². The first-order chi connectivity index (χ1) is 39.6. The monoisotopic (exact) mass is 1050 g/mol. The molecular weight excluding hydrogens is 1010 g/mol. The number of hydrogen-bond acceptors (Lipinski definition) is 7. The van der Waals surface area contributed by atoms with Gasteiger partial charge in [-0.1, -0.05) is 188 Å². The molecule has 14 aromatic rings. The Labute approximate surface area is 462 Å². The minimum atomic E-state index is -4.65. The van der Waals surface area contributed by atoms with Crippen molar-refractivity contribution in [1.82, 2.24) is 39.0 Å². The fourth-order valence-electron chi connectivity index (χ4n) is 11.0. The summed E-state index contributed by atoms with van der Waals surface area (Å²) in [5.74, 6) is 2.86. The molecule has 0 radical (unpaired) electrons. The molecule has 0 spiro atoms. The van der Waals surface area contributed by atoms with Crippen molar-refractivity contribution < 1.29 is 13.2 Å². The maximum absolute atomic E-state index is 15.0. The maximum atomic E-state index is 15.0. The predicted molar refractivity (Wildman–Crippen MR) is 314 cm³/mol. The third kappa shape index (κ3) is 8.70. The fourth-order valence-corrected chi connectivity index (χ4v) is 11.0. The van der Waals surface area contributed by atoms with Crippen LogP contribution >= 0.6 is 0 Å². The van der Waals surface area contributed by atoms with E-state index in [9.17, 15) is 5.26 Å². The van der Waals surface area contributed by atoms with E-state index in [-0.39, 0.29) is 5.56 Å². The first-order valence-corrected chi connectivity index (χ1v) is 26.2. The Kier molecular flexibility index (Phi) is 11.7. The van der Waals surface area contributed by atoms with Crippen molar-refractivity contribution in [1.29, 1.82) is 5.26 Å². The van der Waals surface area contributed by atoms with Crippen LogP contribution in [0.25, 0.3) is 134 Å². The minimum absolute atomic E-state index is 0.281. The quantitative estimate of drug-likeness (QED) is 0.142. The summed E-state index contributed by atoms with van der Waals surface area (Å²) in [6, 6.07) is 77.2. The summed E-state index contributed by atoms with van der Waals surface area (Å²) in [5.41, 5.74) is 9.33. The molecule has 384 valence electrons. The van der Waals surface area contributed by atoms with Crippen molar-refractivity contribution in [2.24, 2.45) is 0 Å². The van der Waals surface area contributed by atoms with Crippen molar-refractivity contribution in [3.05, 3.63) is 253 Å². The molecule has 0 N–H and O–H groups in total. The molecule has 81 heavy (non-hydrogen) atoms. The maximum Gasteiger partial charge on any atom is 0.416 e. The number of nitrogens with zero attached hydrogens (tertiary/aromatic N) is 9. The van der Waals surface area contributed by atoms with E-state index in [0.29, 0.717) is 74.1 Å². The lowest BCUT2D eigenvalue weighted by Gasteiger charge is -2.20. The van der Waals surface area contributed by atoms with Crippen LogP contribution in [0.1, 0.15) is 16.7 Å². The van der Waals surface area contributed by atoms with Gasteiger partial charge >= 0.3 is 6.18 Å². The number of rotatable bonds is 9. The van der Waals surface area contributed by atoms with Gasteiger partial charge in [0.15, 0.2) is 34.9 Å². The van der Waals surface area contributed by atoms with E-state index >= 15 is 13.2 Å². The molecule has 14 rings (SSSR count). The van der Waals surface area contributed by atoms with Gasteiger partial charge in [-0.05, 0) is 66.6 Å². The van der Waals surface area contributed by atoms with Gasteiger partial charge in [0.25, 0.3) is 0 Å². The van der Waals surface area contributed by atoms with E-state index in [1.54, 1.807) is 19.1 Å². The lowest BCUT2D eigenvalue weighted by Crippen LogP contribution is -2.07. The molecule has 10 aromatic carbocycles. The topological polar surface area (TPSA) is 111 Å². The minimum Gasteiger partial charge on any atom is -0.309 e. The molecule has 0 atom stereocenters.